The zero-order valence-corrected chi connectivity index (χ0v) is 28.1. The number of hydrogen-bond donors (Lipinski definition) is 0. The molecule has 2 nitrogen and oxygen atoms in total. The van der Waals surface area contributed by atoms with Crippen molar-refractivity contribution in [1.29, 1.82) is 0 Å². The molecule has 1 saturated heterocycles. The highest BCUT2D eigenvalue weighted by Gasteiger charge is 2.32. The lowest BCUT2D eigenvalue weighted by Gasteiger charge is -2.44. The molecule has 2 unspecified atom stereocenters. The predicted molar refractivity (Wildman–Crippen MR) is 176 cm³/mol. The number of ether oxygens (including phenoxy) is 1. The van der Waals surface area contributed by atoms with E-state index in [2.05, 4.69) is 46.4 Å². The maximum absolute atomic E-state index is 6.63. The zero-order chi connectivity index (χ0) is 28.6. The second-order valence-corrected chi connectivity index (χ2v) is 13.6. The molecule has 1 fully saturated rings. The van der Waals surface area contributed by atoms with E-state index >= 15 is 0 Å². The highest BCUT2D eigenvalue weighted by molar-refractivity contribution is 4.86. The summed E-state index contributed by atoms with van der Waals surface area (Å²) < 4.78 is 6.63. The molecule has 0 aromatic rings. The minimum Gasteiger partial charge on any atom is -0.378 e. The van der Waals surface area contributed by atoms with Crippen molar-refractivity contribution >= 4 is 0 Å². The van der Waals surface area contributed by atoms with Crippen molar-refractivity contribution in [2.45, 2.75) is 214 Å². The zero-order valence-electron chi connectivity index (χ0n) is 28.1. The lowest BCUT2D eigenvalue weighted by atomic mass is 9.89. The van der Waals surface area contributed by atoms with Gasteiger partial charge in [0.1, 0.15) is 0 Å². The van der Waals surface area contributed by atoms with Gasteiger partial charge in [0.15, 0.2) is 0 Å². The summed E-state index contributed by atoms with van der Waals surface area (Å²) >= 11 is 0. The smallest absolute Gasteiger partial charge is 0.0604 e. The number of likely N-dealkylation sites (tertiary alicyclic amines) is 1. The van der Waals surface area contributed by atoms with Gasteiger partial charge in [0.2, 0.25) is 0 Å². The topological polar surface area (TPSA) is 12.5 Å². The van der Waals surface area contributed by atoms with Crippen LogP contribution in [0.3, 0.4) is 0 Å². The fraction of sp³-hybridized carbons (Fsp3) is 1.00. The van der Waals surface area contributed by atoms with Crippen LogP contribution in [0.4, 0.5) is 0 Å². The van der Waals surface area contributed by atoms with Crippen LogP contribution in [-0.2, 0) is 4.74 Å². The Hall–Kier alpha value is -0.0800. The maximum Gasteiger partial charge on any atom is 0.0604 e. The Morgan fingerprint density at radius 3 is 1.33 bits per heavy atom. The number of piperidine rings is 1. The van der Waals surface area contributed by atoms with Crippen LogP contribution < -0.4 is 0 Å². The van der Waals surface area contributed by atoms with E-state index in [0.717, 1.165) is 18.4 Å². The minimum atomic E-state index is 0.476. The standard InChI is InChI=1S/C37H75NO/c1-7-11-15-19-23-27-36(26-22-18-14-10-4)32-38-33(5)30-37(31-34(38)6)39-29-28-35(24-20-16-12-8-2)25-21-17-13-9-3/h33-37H,7-32H2,1-6H3/t33-,34+,36?,37?. The number of nitrogens with zero attached hydrogens (tertiary/aromatic N) is 1. The fourth-order valence-electron chi connectivity index (χ4n) is 7.13. The molecule has 0 saturated carbocycles. The SMILES string of the molecule is CCCCCCCC(CCCCCC)CN1[C@H](C)CC(OCCC(CCCCCC)CCCCCC)C[C@@H]1C. The van der Waals surface area contributed by atoms with Gasteiger partial charge in [-0.3, -0.25) is 4.90 Å². The van der Waals surface area contributed by atoms with E-state index in [1.807, 2.05) is 0 Å². The molecule has 1 aliphatic rings. The Morgan fingerprint density at radius 1 is 0.513 bits per heavy atom. The Balaban J connectivity index is 2.49. The van der Waals surface area contributed by atoms with Gasteiger partial charge < -0.3 is 4.74 Å². The molecular weight excluding hydrogens is 474 g/mol. The van der Waals surface area contributed by atoms with Gasteiger partial charge in [-0.2, -0.15) is 0 Å². The first-order valence-electron chi connectivity index (χ1n) is 18.4. The molecule has 0 aromatic carbocycles. The van der Waals surface area contributed by atoms with Crippen molar-refractivity contribution in [3.8, 4) is 0 Å². The molecule has 1 aliphatic heterocycles. The van der Waals surface area contributed by atoms with Gasteiger partial charge in [0.05, 0.1) is 6.10 Å². The maximum atomic E-state index is 6.63. The van der Waals surface area contributed by atoms with Gasteiger partial charge in [-0.25, -0.2) is 0 Å². The summed E-state index contributed by atoms with van der Waals surface area (Å²) in [4.78, 5) is 2.88. The summed E-state index contributed by atoms with van der Waals surface area (Å²) in [6.45, 7) is 16.6. The monoisotopic (exact) mass is 550 g/mol. The van der Waals surface area contributed by atoms with Gasteiger partial charge in [-0.15, -0.1) is 0 Å². The Labute approximate surface area is 248 Å². The number of hydrogen-bond acceptors (Lipinski definition) is 2. The fourth-order valence-corrected chi connectivity index (χ4v) is 7.13. The number of unbranched alkanes of at least 4 members (excludes halogenated alkanes) is 13. The molecule has 2 heteroatoms. The first kappa shape index (κ1) is 36.9. The molecule has 234 valence electrons. The molecular formula is C37H75NO. The van der Waals surface area contributed by atoms with Crippen molar-refractivity contribution in [2.24, 2.45) is 11.8 Å². The average Bonchev–Trinajstić information content (AvgIpc) is 2.92. The summed E-state index contributed by atoms with van der Waals surface area (Å²) in [6.07, 6.45) is 33.9. The van der Waals surface area contributed by atoms with E-state index in [1.54, 1.807) is 0 Å². The summed E-state index contributed by atoms with van der Waals surface area (Å²) in [5.74, 6) is 1.78. The third-order valence-corrected chi connectivity index (χ3v) is 9.80. The average molecular weight is 550 g/mol. The molecule has 0 N–H and O–H groups in total. The highest BCUT2D eigenvalue weighted by Crippen LogP contribution is 2.30. The van der Waals surface area contributed by atoms with Crippen LogP contribution >= 0.6 is 0 Å². The normalized spacial score (nSPS) is 21.2. The van der Waals surface area contributed by atoms with Gasteiger partial charge in [0.25, 0.3) is 0 Å². The van der Waals surface area contributed by atoms with Crippen LogP contribution in [0.25, 0.3) is 0 Å². The Kier molecular flexibility index (Phi) is 24.3. The van der Waals surface area contributed by atoms with Gasteiger partial charge >= 0.3 is 0 Å². The van der Waals surface area contributed by atoms with Crippen molar-refractivity contribution in [1.82, 2.24) is 4.90 Å². The second kappa shape index (κ2) is 25.6. The molecule has 0 spiro atoms. The van der Waals surface area contributed by atoms with E-state index in [4.69, 9.17) is 4.74 Å². The quantitative estimate of drug-likeness (QED) is 0.0944. The molecule has 0 amide bonds. The number of rotatable bonds is 27. The third kappa shape index (κ3) is 18.9. The molecule has 0 radical (unpaired) electrons. The first-order valence-corrected chi connectivity index (χ1v) is 18.4. The molecule has 39 heavy (non-hydrogen) atoms. The molecule has 0 aromatic heterocycles. The third-order valence-electron chi connectivity index (χ3n) is 9.80. The van der Waals surface area contributed by atoms with Crippen molar-refractivity contribution in [3.05, 3.63) is 0 Å². The van der Waals surface area contributed by atoms with Crippen molar-refractivity contribution in [2.75, 3.05) is 13.2 Å². The Bertz CT molecular complexity index is 484. The summed E-state index contributed by atoms with van der Waals surface area (Å²) in [5, 5.41) is 0. The molecule has 0 aliphatic carbocycles. The largest absolute Gasteiger partial charge is 0.378 e. The lowest BCUT2D eigenvalue weighted by molar-refractivity contribution is -0.0427. The molecule has 1 heterocycles. The van der Waals surface area contributed by atoms with Crippen LogP contribution in [0.1, 0.15) is 196 Å². The lowest BCUT2D eigenvalue weighted by Crippen LogP contribution is -2.50. The van der Waals surface area contributed by atoms with E-state index < -0.39 is 0 Å². The van der Waals surface area contributed by atoms with Crippen LogP contribution in [0.15, 0.2) is 0 Å². The molecule has 1 rings (SSSR count). The van der Waals surface area contributed by atoms with Crippen LogP contribution in [0.5, 0.6) is 0 Å². The van der Waals surface area contributed by atoms with E-state index in [1.165, 1.54) is 161 Å². The highest BCUT2D eigenvalue weighted by atomic mass is 16.5. The van der Waals surface area contributed by atoms with Crippen molar-refractivity contribution in [3.63, 3.8) is 0 Å². The molecule has 0 bridgehead atoms. The first-order chi connectivity index (χ1) is 19.0. The summed E-state index contributed by atoms with van der Waals surface area (Å²) in [7, 11) is 0. The van der Waals surface area contributed by atoms with E-state index in [0.29, 0.717) is 18.2 Å². The van der Waals surface area contributed by atoms with E-state index in [-0.39, 0.29) is 0 Å². The summed E-state index contributed by atoms with van der Waals surface area (Å²) in [5.41, 5.74) is 0. The van der Waals surface area contributed by atoms with Crippen LogP contribution in [-0.4, -0.2) is 36.2 Å². The van der Waals surface area contributed by atoms with E-state index in [9.17, 15) is 0 Å². The van der Waals surface area contributed by atoms with Gasteiger partial charge in [0, 0.05) is 25.2 Å². The minimum absolute atomic E-state index is 0.476. The second-order valence-electron chi connectivity index (χ2n) is 13.6. The van der Waals surface area contributed by atoms with Crippen molar-refractivity contribution < 1.29 is 4.74 Å². The Morgan fingerprint density at radius 2 is 0.897 bits per heavy atom. The van der Waals surface area contributed by atoms with Crippen LogP contribution in [0.2, 0.25) is 0 Å². The summed E-state index contributed by atoms with van der Waals surface area (Å²) in [6, 6.07) is 1.33. The van der Waals surface area contributed by atoms with Gasteiger partial charge in [-0.05, 0) is 57.8 Å². The molecule has 4 atom stereocenters. The van der Waals surface area contributed by atoms with Crippen LogP contribution in [0, 0.1) is 11.8 Å². The predicted octanol–water partition coefficient (Wildman–Crippen LogP) is 12.1. The van der Waals surface area contributed by atoms with Gasteiger partial charge in [-0.1, -0.05) is 150 Å².